The van der Waals surface area contributed by atoms with Crippen LogP contribution in [0, 0.1) is 0 Å². The summed E-state index contributed by atoms with van der Waals surface area (Å²) in [6.45, 7) is 3.48. The molecule has 2 aliphatic heterocycles. The fraction of sp³-hybridized carbons (Fsp3) is 0.611. The summed E-state index contributed by atoms with van der Waals surface area (Å²) in [7, 11) is 0. The fourth-order valence-electron chi connectivity index (χ4n) is 4.49. The molecule has 1 saturated heterocycles. The quantitative estimate of drug-likeness (QED) is 0.819. The number of rotatable bonds is 2. The minimum atomic E-state index is -0.159. The van der Waals surface area contributed by atoms with Crippen LogP contribution in [-0.2, 0) is 4.74 Å². The maximum atomic E-state index is 5.62. The van der Waals surface area contributed by atoms with Gasteiger partial charge in [0.05, 0.1) is 23.4 Å². The predicted molar refractivity (Wildman–Crippen MR) is 99.0 cm³/mol. The minimum Gasteiger partial charge on any atom is -0.379 e. The second-order valence-electron chi connectivity index (χ2n) is 7.07. The van der Waals surface area contributed by atoms with Gasteiger partial charge in [-0.2, -0.15) is 10.1 Å². The van der Waals surface area contributed by atoms with Crippen LogP contribution in [0.3, 0.4) is 0 Å². The summed E-state index contributed by atoms with van der Waals surface area (Å²) in [5, 5.41) is 12.5. The molecule has 132 valence electrons. The molecule has 1 aromatic heterocycles. The van der Waals surface area contributed by atoms with Gasteiger partial charge in [0.25, 0.3) is 0 Å². The Labute approximate surface area is 151 Å². The van der Waals surface area contributed by atoms with Crippen LogP contribution in [0.1, 0.15) is 32.1 Å². The van der Waals surface area contributed by atoms with E-state index in [-0.39, 0.29) is 11.7 Å². The van der Waals surface area contributed by atoms with E-state index in [1.165, 1.54) is 24.0 Å². The maximum absolute atomic E-state index is 5.62. The first-order valence-electron chi connectivity index (χ1n) is 9.27. The van der Waals surface area contributed by atoms with E-state index in [9.17, 15) is 0 Å². The second kappa shape index (κ2) is 6.30. The number of anilines is 1. The number of para-hydroxylation sites is 1. The summed E-state index contributed by atoms with van der Waals surface area (Å²) >= 11 is 1.72. The Bertz CT molecular complexity index is 754. The fourth-order valence-corrected chi connectivity index (χ4v) is 5.48. The van der Waals surface area contributed by atoms with E-state index in [4.69, 9.17) is 14.8 Å². The van der Waals surface area contributed by atoms with Gasteiger partial charge < -0.3 is 4.74 Å². The number of ether oxygens (including phenoxy) is 1. The zero-order chi connectivity index (χ0) is 16.7. The molecule has 1 saturated carbocycles. The third kappa shape index (κ3) is 2.48. The van der Waals surface area contributed by atoms with Gasteiger partial charge in [0.15, 0.2) is 0 Å². The molecule has 3 heterocycles. The zero-order valence-electron chi connectivity index (χ0n) is 14.3. The molecule has 0 amide bonds. The van der Waals surface area contributed by atoms with E-state index < -0.39 is 0 Å². The highest BCUT2D eigenvalue weighted by Gasteiger charge is 2.54. The molecule has 0 bridgehead atoms. The van der Waals surface area contributed by atoms with Gasteiger partial charge in [-0.3, -0.25) is 4.90 Å². The minimum absolute atomic E-state index is 0.159. The van der Waals surface area contributed by atoms with Crippen molar-refractivity contribution >= 4 is 26.7 Å². The molecule has 6 nitrogen and oxygen atoms in total. The highest BCUT2D eigenvalue weighted by atomic mass is 32.1. The van der Waals surface area contributed by atoms with E-state index in [0.717, 1.165) is 49.8 Å². The van der Waals surface area contributed by atoms with Crippen LogP contribution < -0.4 is 5.01 Å². The monoisotopic (exact) mass is 357 g/mol. The van der Waals surface area contributed by atoms with E-state index in [2.05, 4.69) is 33.3 Å². The van der Waals surface area contributed by atoms with Gasteiger partial charge in [0.1, 0.15) is 11.7 Å². The lowest BCUT2D eigenvalue weighted by Crippen LogP contribution is -2.65. The van der Waals surface area contributed by atoms with Crippen LogP contribution >= 0.6 is 11.3 Å². The molecule has 1 aromatic carbocycles. The molecule has 2 atom stereocenters. The number of hydrogen-bond donors (Lipinski definition) is 0. The van der Waals surface area contributed by atoms with Crippen LogP contribution in [0.25, 0.3) is 10.2 Å². The van der Waals surface area contributed by atoms with Gasteiger partial charge in [-0.25, -0.2) is 4.98 Å². The van der Waals surface area contributed by atoms with Crippen LogP contribution in [-0.4, -0.2) is 47.9 Å². The molecule has 25 heavy (non-hydrogen) atoms. The van der Waals surface area contributed by atoms with E-state index in [0.29, 0.717) is 0 Å². The SMILES string of the molecule is c1ccc2sc(N3N=N[C@H]4CCCCC[C@@]43N3CCOCC3)nc2c1. The Morgan fingerprint density at radius 2 is 2.00 bits per heavy atom. The Hall–Kier alpha value is -1.57. The number of benzene rings is 1. The second-order valence-corrected chi connectivity index (χ2v) is 8.08. The lowest BCUT2D eigenvalue weighted by molar-refractivity contribution is -0.0302. The molecule has 5 rings (SSSR count). The smallest absolute Gasteiger partial charge is 0.210 e. The van der Waals surface area contributed by atoms with Crippen molar-refractivity contribution in [3.63, 3.8) is 0 Å². The highest BCUT2D eigenvalue weighted by molar-refractivity contribution is 7.22. The number of fused-ring (bicyclic) bond motifs is 2. The van der Waals surface area contributed by atoms with E-state index in [1.54, 1.807) is 11.3 Å². The van der Waals surface area contributed by atoms with Gasteiger partial charge in [-0.05, 0) is 31.4 Å². The van der Waals surface area contributed by atoms with Crippen molar-refractivity contribution in [2.24, 2.45) is 10.3 Å². The van der Waals surface area contributed by atoms with Crippen LogP contribution in [0.15, 0.2) is 34.6 Å². The molecule has 0 unspecified atom stereocenters. The Kier molecular flexibility index (Phi) is 3.95. The van der Waals surface area contributed by atoms with Crippen molar-refractivity contribution in [2.45, 2.75) is 43.8 Å². The van der Waals surface area contributed by atoms with Crippen molar-refractivity contribution in [2.75, 3.05) is 31.3 Å². The Morgan fingerprint density at radius 3 is 2.88 bits per heavy atom. The van der Waals surface area contributed by atoms with Gasteiger partial charge in [0, 0.05) is 13.1 Å². The average Bonchev–Trinajstić information content (AvgIpc) is 3.18. The maximum Gasteiger partial charge on any atom is 0.210 e. The molecular formula is C18H23N5OS. The molecular weight excluding hydrogens is 334 g/mol. The molecule has 2 aromatic rings. The lowest BCUT2D eigenvalue weighted by atomic mass is 9.92. The molecule has 0 radical (unpaired) electrons. The summed E-state index contributed by atoms with van der Waals surface area (Å²) in [6.07, 6.45) is 5.96. The van der Waals surface area contributed by atoms with Gasteiger partial charge in [-0.1, -0.05) is 41.5 Å². The largest absolute Gasteiger partial charge is 0.379 e. The topological polar surface area (TPSA) is 53.3 Å². The normalized spacial score (nSPS) is 30.6. The summed E-state index contributed by atoms with van der Waals surface area (Å²) in [4.78, 5) is 7.46. The highest BCUT2D eigenvalue weighted by Crippen LogP contribution is 2.46. The van der Waals surface area contributed by atoms with Crippen molar-refractivity contribution < 1.29 is 4.74 Å². The Balaban J connectivity index is 1.59. The molecule has 0 spiro atoms. The summed E-state index contributed by atoms with van der Waals surface area (Å²) in [5.41, 5.74) is 0.889. The Morgan fingerprint density at radius 1 is 1.12 bits per heavy atom. The molecule has 7 heteroatoms. The van der Waals surface area contributed by atoms with Gasteiger partial charge in [0.2, 0.25) is 5.13 Å². The zero-order valence-corrected chi connectivity index (χ0v) is 15.1. The third-order valence-corrected chi connectivity index (χ3v) is 6.74. The summed E-state index contributed by atoms with van der Waals surface area (Å²) < 4.78 is 6.83. The van der Waals surface area contributed by atoms with Gasteiger partial charge >= 0.3 is 0 Å². The number of thiazole rings is 1. The van der Waals surface area contributed by atoms with Crippen molar-refractivity contribution in [1.29, 1.82) is 0 Å². The molecule has 0 N–H and O–H groups in total. The van der Waals surface area contributed by atoms with Crippen LogP contribution in [0.4, 0.5) is 5.13 Å². The number of aromatic nitrogens is 1. The lowest BCUT2D eigenvalue weighted by Gasteiger charge is -2.48. The number of hydrogen-bond acceptors (Lipinski definition) is 7. The summed E-state index contributed by atoms with van der Waals surface area (Å²) in [5.74, 6) is 0. The summed E-state index contributed by atoms with van der Waals surface area (Å²) in [6, 6.07) is 8.57. The molecule has 3 aliphatic rings. The number of morpholine rings is 1. The molecule has 1 aliphatic carbocycles. The van der Waals surface area contributed by atoms with Crippen molar-refractivity contribution in [3.05, 3.63) is 24.3 Å². The van der Waals surface area contributed by atoms with Crippen LogP contribution in [0.5, 0.6) is 0 Å². The predicted octanol–water partition coefficient (Wildman–Crippen LogP) is 3.84. The first kappa shape index (κ1) is 15.7. The molecule has 2 fully saturated rings. The standard InChI is InChI=1S/C18H23N5OS/c1-2-8-16-18(9-5-1,22-10-12-24-13-11-22)23(21-20-16)17-19-14-6-3-4-7-15(14)25-17/h3-4,6-7,16H,1-2,5,8-13H2/t16-,18-/m0/s1. The third-order valence-electron chi connectivity index (χ3n) is 5.73. The van der Waals surface area contributed by atoms with Crippen molar-refractivity contribution in [1.82, 2.24) is 9.88 Å². The van der Waals surface area contributed by atoms with E-state index in [1.807, 2.05) is 6.07 Å². The average molecular weight is 357 g/mol. The first-order chi connectivity index (χ1) is 12.4. The van der Waals surface area contributed by atoms with Gasteiger partial charge in [-0.15, -0.1) is 0 Å². The first-order valence-corrected chi connectivity index (χ1v) is 10.1. The van der Waals surface area contributed by atoms with Crippen LogP contribution in [0.2, 0.25) is 0 Å². The number of nitrogens with zero attached hydrogens (tertiary/aromatic N) is 5. The van der Waals surface area contributed by atoms with E-state index >= 15 is 0 Å². The van der Waals surface area contributed by atoms with Crippen molar-refractivity contribution in [3.8, 4) is 0 Å².